The smallest absolute Gasteiger partial charge is 0.0825 e. The summed E-state index contributed by atoms with van der Waals surface area (Å²) in [5, 5.41) is 0. The molecular formula is C9H17ClOS. The molecule has 0 aromatic heterocycles. The second-order valence-corrected chi connectivity index (χ2v) is 4.88. The van der Waals surface area contributed by atoms with Gasteiger partial charge in [-0.2, -0.15) is 11.8 Å². The van der Waals surface area contributed by atoms with Crippen molar-refractivity contribution in [1.82, 2.24) is 0 Å². The fourth-order valence-corrected chi connectivity index (χ4v) is 2.68. The molecule has 1 atom stereocenters. The van der Waals surface area contributed by atoms with Crippen LogP contribution in [0.2, 0.25) is 0 Å². The molecule has 1 unspecified atom stereocenters. The van der Waals surface area contributed by atoms with Crippen LogP contribution >= 0.6 is 23.4 Å². The molecule has 0 aromatic carbocycles. The largest absolute Gasteiger partial charge is 0.374 e. The van der Waals surface area contributed by atoms with Gasteiger partial charge in [-0.25, -0.2) is 0 Å². The fourth-order valence-electron chi connectivity index (χ4n) is 1.53. The van der Waals surface area contributed by atoms with Crippen LogP contribution in [0.25, 0.3) is 0 Å². The number of alkyl halides is 1. The molecule has 0 saturated carbocycles. The van der Waals surface area contributed by atoms with E-state index in [1.54, 1.807) is 0 Å². The average molecular weight is 209 g/mol. The molecule has 1 aliphatic heterocycles. The van der Waals surface area contributed by atoms with Crippen LogP contribution in [0.1, 0.15) is 26.2 Å². The first-order valence-corrected chi connectivity index (χ1v) is 6.29. The molecule has 0 aliphatic carbocycles. The molecule has 1 heterocycles. The second-order valence-electron chi connectivity index (χ2n) is 3.22. The van der Waals surface area contributed by atoms with Crippen LogP contribution in [0.3, 0.4) is 0 Å². The molecular weight excluding hydrogens is 192 g/mol. The van der Waals surface area contributed by atoms with Crippen LogP contribution in [0.5, 0.6) is 0 Å². The number of thioether (sulfide) groups is 1. The zero-order valence-electron chi connectivity index (χ0n) is 7.64. The van der Waals surface area contributed by atoms with Crippen LogP contribution in [-0.2, 0) is 4.74 Å². The van der Waals surface area contributed by atoms with E-state index in [0.29, 0.717) is 5.88 Å². The summed E-state index contributed by atoms with van der Waals surface area (Å²) in [6.45, 7) is 3.09. The maximum Gasteiger partial charge on any atom is 0.0825 e. The van der Waals surface area contributed by atoms with Crippen LogP contribution in [0.15, 0.2) is 0 Å². The van der Waals surface area contributed by atoms with Crippen molar-refractivity contribution in [1.29, 1.82) is 0 Å². The summed E-state index contributed by atoms with van der Waals surface area (Å²) in [5.41, 5.74) is 0.0315. The van der Waals surface area contributed by atoms with E-state index >= 15 is 0 Å². The van der Waals surface area contributed by atoms with Crippen LogP contribution < -0.4 is 0 Å². The van der Waals surface area contributed by atoms with Gasteiger partial charge in [-0.05, 0) is 30.8 Å². The van der Waals surface area contributed by atoms with Gasteiger partial charge in [-0.15, -0.1) is 11.6 Å². The number of hydrogen-bond donors (Lipinski definition) is 0. The molecule has 0 N–H and O–H groups in total. The first-order chi connectivity index (χ1) is 5.83. The minimum atomic E-state index is 0.0315. The Labute approximate surface area is 84.2 Å². The molecule has 1 fully saturated rings. The van der Waals surface area contributed by atoms with Crippen molar-refractivity contribution in [3.63, 3.8) is 0 Å². The maximum atomic E-state index is 5.91. The summed E-state index contributed by atoms with van der Waals surface area (Å²) in [7, 11) is 0. The highest BCUT2D eigenvalue weighted by atomic mass is 35.5. The highest BCUT2D eigenvalue weighted by molar-refractivity contribution is 7.99. The van der Waals surface area contributed by atoms with Crippen molar-refractivity contribution in [3.8, 4) is 0 Å². The number of rotatable bonds is 5. The average Bonchev–Trinajstić information content (AvgIpc) is 2.55. The van der Waals surface area contributed by atoms with E-state index in [1.807, 2.05) is 11.8 Å². The molecule has 0 amide bonds. The van der Waals surface area contributed by atoms with Gasteiger partial charge < -0.3 is 4.74 Å². The second kappa shape index (κ2) is 5.36. The van der Waals surface area contributed by atoms with Gasteiger partial charge >= 0.3 is 0 Å². The topological polar surface area (TPSA) is 9.23 Å². The summed E-state index contributed by atoms with van der Waals surface area (Å²) < 4.78 is 5.69. The van der Waals surface area contributed by atoms with Crippen LogP contribution in [-0.4, -0.2) is 29.6 Å². The Morgan fingerprint density at radius 2 is 2.42 bits per heavy atom. The van der Waals surface area contributed by atoms with Gasteiger partial charge in [0, 0.05) is 6.61 Å². The lowest BCUT2D eigenvalue weighted by atomic mass is 10.00. The lowest BCUT2D eigenvalue weighted by molar-refractivity contribution is 0.0213. The predicted octanol–water partition coefficient (Wildman–Crippen LogP) is 2.92. The Morgan fingerprint density at radius 3 is 2.92 bits per heavy atom. The number of halogens is 1. The first kappa shape index (κ1) is 10.7. The minimum absolute atomic E-state index is 0.0315. The van der Waals surface area contributed by atoms with Crippen molar-refractivity contribution < 1.29 is 4.74 Å². The SMILES string of the molecule is CCSCCC1(CCl)CCCO1. The summed E-state index contributed by atoms with van der Waals surface area (Å²) in [6, 6.07) is 0. The van der Waals surface area contributed by atoms with E-state index in [1.165, 1.54) is 17.9 Å². The number of ether oxygens (including phenoxy) is 1. The van der Waals surface area contributed by atoms with Crippen LogP contribution in [0, 0.1) is 0 Å². The molecule has 0 spiro atoms. The minimum Gasteiger partial charge on any atom is -0.374 e. The van der Waals surface area contributed by atoms with Crippen molar-refractivity contribution >= 4 is 23.4 Å². The zero-order chi connectivity index (χ0) is 8.86. The number of hydrogen-bond acceptors (Lipinski definition) is 2. The molecule has 0 bridgehead atoms. The molecule has 72 valence electrons. The third-order valence-corrected chi connectivity index (χ3v) is 3.72. The van der Waals surface area contributed by atoms with E-state index in [9.17, 15) is 0 Å². The monoisotopic (exact) mass is 208 g/mol. The van der Waals surface area contributed by atoms with Gasteiger partial charge in [-0.3, -0.25) is 0 Å². The lowest BCUT2D eigenvalue weighted by Gasteiger charge is -2.25. The molecule has 1 aliphatic rings. The molecule has 0 radical (unpaired) electrons. The van der Waals surface area contributed by atoms with Gasteiger partial charge in [0.2, 0.25) is 0 Å². The normalized spacial score (nSPS) is 29.5. The Balaban J connectivity index is 2.24. The Kier molecular flexibility index (Phi) is 4.77. The third-order valence-electron chi connectivity index (χ3n) is 2.33. The maximum absolute atomic E-state index is 5.91. The van der Waals surface area contributed by atoms with Crippen molar-refractivity contribution in [2.45, 2.75) is 31.8 Å². The quantitative estimate of drug-likeness (QED) is 0.508. The molecule has 1 nitrogen and oxygen atoms in total. The van der Waals surface area contributed by atoms with Gasteiger partial charge in [0.05, 0.1) is 11.5 Å². The Bertz CT molecular complexity index is 124. The van der Waals surface area contributed by atoms with E-state index < -0.39 is 0 Å². The Morgan fingerprint density at radius 1 is 1.58 bits per heavy atom. The standard InChI is InChI=1S/C9H17ClOS/c1-2-12-7-5-9(8-10)4-3-6-11-9/h2-8H2,1H3. The van der Waals surface area contributed by atoms with Gasteiger partial charge in [-0.1, -0.05) is 6.92 Å². The van der Waals surface area contributed by atoms with Crippen LogP contribution in [0.4, 0.5) is 0 Å². The summed E-state index contributed by atoms with van der Waals surface area (Å²) >= 11 is 7.88. The van der Waals surface area contributed by atoms with E-state index in [-0.39, 0.29) is 5.60 Å². The van der Waals surface area contributed by atoms with E-state index in [0.717, 1.165) is 19.4 Å². The van der Waals surface area contributed by atoms with Gasteiger partial charge in [0.25, 0.3) is 0 Å². The third kappa shape index (κ3) is 2.82. The highest BCUT2D eigenvalue weighted by Crippen LogP contribution is 2.31. The first-order valence-electron chi connectivity index (χ1n) is 4.61. The van der Waals surface area contributed by atoms with E-state index in [2.05, 4.69) is 6.92 Å². The summed E-state index contributed by atoms with van der Waals surface area (Å²) in [5.74, 6) is 3.04. The van der Waals surface area contributed by atoms with Crippen molar-refractivity contribution in [2.75, 3.05) is 24.0 Å². The lowest BCUT2D eigenvalue weighted by Crippen LogP contribution is -2.30. The Hall–Kier alpha value is 0.600. The molecule has 12 heavy (non-hydrogen) atoms. The summed E-state index contributed by atoms with van der Waals surface area (Å²) in [4.78, 5) is 0. The van der Waals surface area contributed by atoms with Gasteiger partial charge in [0.15, 0.2) is 0 Å². The van der Waals surface area contributed by atoms with Gasteiger partial charge in [0.1, 0.15) is 0 Å². The highest BCUT2D eigenvalue weighted by Gasteiger charge is 2.33. The summed E-state index contributed by atoms with van der Waals surface area (Å²) in [6.07, 6.45) is 3.46. The molecule has 1 rings (SSSR count). The van der Waals surface area contributed by atoms with E-state index in [4.69, 9.17) is 16.3 Å². The predicted molar refractivity (Wildman–Crippen MR) is 56.3 cm³/mol. The zero-order valence-corrected chi connectivity index (χ0v) is 9.22. The van der Waals surface area contributed by atoms with Crippen molar-refractivity contribution in [2.24, 2.45) is 0 Å². The fraction of sp³-hybridized carbons (Fsp3) is 1.00. The molecule has 0 aromatic rings. The molecule has 1 saturated heterocycles. The molecule has 3 heteroatoms. The van der Waals surface area contributed by atoms with Crippen molar-refractivity contribution in [3.05, 3.63) is 0 Å².